The number of rotatable bonds is 2. The Morgan fingerprint density at radius 3 is 2.64 bits per heavy atom. The molecule has 1 aliphatic carbocycles. The molecule has 2 atom stereocenters. The van der Waals surface area contributed by atoms with Crippen LogP contribution >= 0.6 is 0 Å². The van der Waals surface area contributed by atoms with E-state index in [4.69, 9.17) is 0 Å². The first-order chi connectivity index (χ1) is 12.1. The second kappa shape index (κ2) is 6.70. The quantitative estimate of drug-likeness (QED) is 0.898. The van der Waals surface area contributed by atoms with E-state index in [1.807, 2.05) is 28.0 Å². The van der Waals surface area contributed by atoms with Gasteiger partial charge in [-0.05, 0) is 30.9 Å². The SMILES string of the molecule is C[C@@H]1CN(C(=O)N[C@H]2CCN(C(=O)C3CCCC3)C2)c2ccccc21. The molecule has 0 aromatic heterocycles. The number of amides is 3. The summed E-state index contributed by atoms with van der Waals surface area (Å²) in [5.41, 5.74) is 2.26. The number of nitrogens with zero attached hydrogens (tertiary/aromatic N) is 2. The second-order valence-electron chi connectivity index (χ2n) is 7.77. The number of urea groups is 1. The summed E-state index contributed by atoms with van der Waals surface area (Å²) < 4.78 is 0. The maximum absolute atomic E-state index is 12.8. The molecule has 2 heterocycles. The molecular formula is C20H27N3O2. The van der Waals surface area contributed by atoms with E-state index in [1.165, 1.54) is 18.4 Å². The number of hydrogen-bond acceptors (Lipinski definition) is 2. The Morgan fingerprint density at radius 1 is 1.08 bits per heavy atom. The summed E-state index contributed by atoms with van der Waals surface area (Å²) in [6.07, 6.45) is 5.28. The largest absolute Gasteiger partial charge is 0.340 e. The molecule has 2 fully saturated rings. The van der Waals surface area contributed by atoms with Crippen LogP contribution in [0.5, 0.6) is 0 Å². The molecule has 5 heteroatoms. The van der Waals surface area contributed by atoms with Crippen molar-refractivity contribution in [2.24, 2.45) is 5.92 Å². The highest BCUT2D eigenvalue weighted by atomic mass is 16.2. The summed E-state index contributed by atoms with van der Waals surface area (Å²) in [5.74, 6) is 0.890. The van der Waals surface area contributed by atoms with Gasteiger partial charge in [0.25, 0.3) is 0 Å². The van der Waals surface area contributed by atoms with Gasteiger partial charge >= 0.3 is 6.03 Å². The Labute approximate surface area is 149 Å². The molecule has 0 unspecified atom stereocenters. The van der Waals surface area contributed by atoms with E-state index in [1.54, 1.807) is 0 Å². The predicted octanol–water partition coefficient (Wildman–Crippen LogP) is 3.11. The molecule has 134 valence electrons. The molecule has 3 aliphatic rings. The molecule has 1 aromatic rings. The first kappa shape index (κ1) is 16.4. The fourth-order valence-corrected chi connectivity index (χ4v) is 4.57. The number of hydrogen-bond donors (Lipinski definition) is 1. The van der Waals surface area contributed by atoms with Gasteiger partial charge in [0.05, 0.1) is 0 Å². The monoisotopic (exact) mass is 341 g/mol. The number of anilines is 1. The van der Waals surface area contributed by atoms with Crippen LogP contribution in [0.15, 0.2) is 24.3 Å². The van der Waals surface area contributed by atoms with E-state index in [2.05, 4.69) is 18.3 Å². The first-order valence-electron chi connectivity index (χ1n) is 9.59. The van der Waals surface area contributed by atoms with E-state index in [0.717, 1.165) is 38.0 Å². The van der Waals surface area contributed by atoms with Crippen molar-refractivity contribution >= 4 is 17.6 Å². The minimum absolute atomic E-state index is 0.0306. The van der Waals surface area contributed by atoms with Gasteiger partial charge in [0.1, 0.15) is 0 Å². The highest BCUT2D eigenvalue weighted by Crippen LogP contribution is 2.35. The molecule has 5 nitrogen and oxygen atoms in total. The van der Waals surface area contributed by atoms with Crippen molar-refractivity contribution in [1.29, 1.82) is 0 Å². The number of para-hydroxylation sites is 1. The van der Waals surface area contributed by atoms with Crippen molar-refractivity contribution in [3.05, 3.63) is 29.8 Å². The molecule has 0 bridgehead atoms. The van der Waals surface area contributed by atoms with Gasteiger partial charge in [-0.3, -0.25) is 9.69 Å². The zero-order chi connectivity index (χ0) is 17.4. The topological polar surface area (TPSA) is 52.7 Å². The van der Waals surface area contributed by atoms with Gasteiger partial charge in [0.2, 0.25) is 5.91 Å². The summed E-state index contributed by atoms with van der Waals surface area (Å²) in [5, 5.41) is 3.15. The first-order valence-corrected chi connectivity index (χ1v) is 9.59. The smallest absolute Gasteiger partial charge is 0.322 e. The van der Waals surface area contributed by atoms with Crippen LogP contribution in [0.25, 0.3) is 0 Å². The van der Waals surface area contributed by atoms with Crippen LogP contribution < -0.4 is 10.2 Å². The minimum Gasteiger partial charge on any atom is -0.340 e. The fraction of sp³-hybridized carbons (Fsp3) is 0.600. The van der Waals surface area contributed by atoms with Crippen LogP contribution in [-0.4, -0.2) is 42.5 Å². The zero-order valence-electron chi connectivity index (χ0n) is 14.9. The summed E-state index contributed by atoms with van der Waals surface area (Å²) in [6.45, 7) is 4.31. The molecule has 0 spiro atoms. The van der Waals surface area contributed by atoms with Gasteiger partial charge < -0.3 is 10.2 Å². The Bertz CT molecular complexity index is 669. The number of benzene rings is 1. The normalized spacial score (nSPS) is 26.1. The van der Waals surface area contributed by atoms with Gasteiger partial charge in [-0.15, -0.1) is 0 Å². The third-order valence-corrected chi connectivity index (χ3v) is 5.99. The molecule has 2 aliphatic heterocycles. The summed E-state index contributed by atoms with van der Waals surface area (Å²) in [7, 11) is 0. The van der Waals surface area contributed by atoms with Gasteiger partial charge in [-0.25, -0.2) is 4.79 Å². The van der Waals surface area contributed by atoms with Gasteiger partial charge in [-0.2, -0.15) is 0 Å². The van der Waals surface area contributed by atoms with Crippen LogP contribution in [0, 0.1) is 5.92 Å². The van der Waals surface area contributed by atoms with E-state index < -0.39 is 0 Å². The summed E-state index contributed by atoms with van der Waals surface area (Å²) in [6, 6.07) is 8.17. The molecule has 1 N–H and O–H groups in total. The van der Waals surface area contributed by atoms with E-state index in [0.29, 0.717) is 18.4 Å². The number of carbonyl (C=O) groups excluding carboxylic acids is 2. The van der Waals surface area contributed by atoms with Gasteiger partial charge in [-0.1, -0.05) is 38.0 Å². The standard InChI is InChI=1S/C20H27N3O2/c1-14-12-23(18-9-5-4-8-17(14)18)20(25)21-16-10-11-22(13-16)19(24)15-6-2-3-7-15/h4-5,8-9,14-16H,2-3,6-7,10-13H2,1H3,(H,21,25)/t14-,16+/m1/s1. The molecule has 1 saturated heterocycles. The number of fused-ring (bicyclic) bond motifs is 1. The van der Waals surface area contributed by atoms with E-state index in [9.17, 15) is 9.59 Å². The van der Waals surface area contributed by atoms with Crippen LogP contribution in [-0.2, 0) is 4.79 Å². The lowest BCUT2D eigenvalue weighted by Crippen LogP contribution is -2.46. The summed E-state index contributed by atoms with van der Waals surface area (Å²) in [4.78, 5) is 29.1. The Morgan fingerprint density at radius 2 is 1.84 bits per heavy atom. The highest BCUT2D eigenvalue weighted by molar-refractivity contribution is 5.95. The number of nitrogens with one attached hydrogen (secondary N) is 1. The maximum Gasteiger partial charge on any atom is 0.322 e. The average molecular weight is 341 g/mol. The lowest BCUT2D eigenvalue weighted by Gasteiger charge is -2.23. The van der Waals surface area contributed by atoms with Crippen molar-refractivity contribution in [2.45, 2.75) is 51.0 Å². The van der Waals surface area contributed by atoms with Crippen LogP contribution in [0.3, 0.4) is 0 Å². The van der Waals surface area contributed by atoms with Crippen molar-refractivity contribution in [2.75, 3.05) is 24.5 Å². The summed E-state index contributed by atoms with van der Waals surface area (Å²) >= 11 is 0. The van der Waals surface area contributed by atoms with Gasteiger partial charge in [0, 0.05) is 43.2 Å². The van der Waals surface area contributed by atoms with Crippen LogP contribution in [0.2, 0.25) is 0 Å². The van der Waals surface area contributed by atoms with Crippen molar-refractivity contribution in [1.82, 2.24) is 10.2 Å². The lowest BCUT2D eigenvalue weighted by atomic mass is 10.0. The maximum atomic E-state index is 12.8. The average Bonchev–Trinajstić information content (AvgIpc) is 3.35. The molecule has 1 aromatic carbocycles. The van der Waals surface area contributed by atoms with Crippen LogP contribution in [0.1, 0.15) is 50.5 Å². The highest BCUT2D eigenvalue weighted by Gasteiger charge is 2.35. The van der Waals surface area contributed by atoms with E-state index >= 15 is 0 Å². The molecule has 0 radical (unpaired) electrons. The minimum atomic E-state index is -0.0306. The third-order valence-electron chi connectivity index (χ3n) is 5.99. The molecule has 1 saturated carbocycles. The molecule has 4 rings (SSSR count). The third kappa shape index (κ3) is 3.12. The predicted molar refractivity (Wildman–Crippen MR) is 97.7 cm³/mol. The Balaban J connectivity index is 1.36. The molecule has 25 heavy (non-hydrogen) atoms. The Kier molecular flexibility index (Phi) is 4.40. The van der Waals surface area contributed by atoms with E-state index in [-0.39, 0.29) is 18.0 Å². The fourth-order valence-electron chi connectivity index (χ4n) is 4.57. The van der Waals surface area contributed by atoms with Crippen molar-refractivity contribution < 1.29 is 9.59 Å². The van der Waals surface area contributed by atoms with Crippen LogP contribution in [0.4, 0.5) is 10.5 Å². The molecular weight excluding hydrogens is 314 g/mol. The van der Waals surface area contributed by atoms with Crippen molar-refractivity contribution in [3.63, 3.8) is 0 Å². The van der Waals surface area contributed by atoms with Crippen molar-refractivity contribution in [3.8, 4) is 0 Å². The number of likely N-dealkylation sites (tertiary alicyclic amines) is 1. The second-order valence-corrected chi connectivity index (χ2v) is 7.77. The molecule has 3 amide bonds. The van der Waals surface area contributed by atoms with Gasteiger partial charge in [0.15, 0.2) is 0 Å². The number of carbonyl (C=O) groups is 2. The lowest BCUT2D eigenvalue weighted by molar-refractivity contribution is -0.134. The Hall–Kier alpha value is -2.04. The zero-order valence-corrected chi connectivity index (χ0v) is 14.9.